The van der Waals surface area contributed by atoms with Gasteiger partial charge in [0.15, 0.2) is 17.3 Å². The third-order valence-corrected chi connectivity index (χ3v) is 7.47. The Labute approximate surface area is 235 Å². The van der Waals surface area contributed by atoms with Crippen molar-refractivity contribution in [2.24, 2.45) is 0 Å². The lowest BCUT2D eigenvalue weighted by Gasteiger charge is -2.24. The number of carbonyl (C=O) groups is 1. The van der Waals surface area contributed by atoms with Crippen LogP contribution in [0.3, 0.4) is 0 Å². The number of hydrogen-bond donors (Lipinski definition) is 1. The van der Waals surface area contributed by atoms with E-state index in [1.807, 2.05) is 0 Å². The van der Waals surface area contributed by atoms with Gasteiger partial charge in [0, 0.05) is 34.4 Å². The number of carboxylic acids is 1. The minimum absolute atomic E-state index is 0.0538. The van der Waals surface area contributed by atoms with Crippen LogP contribution in [0.5, 0.6) is 11.5 Å². The van der Waals surface area contributed by atoms with Crippen molar-refractivity contribution >= 4 is 28.9 Å². The van der Waals surface area contributed by atoms with E-state index < -0.39 is 30.2 Å². The minimum atomic E-state index is -4.81. The highest BCUT2D eigenvalue weighted by molar-refractivity contribution is 7.09. The normalized spacial score (nSPS) is 16.6. The minimum Gasteiger partial charge on any atom is -0.493 e. The predicted octanol–water partition coefficient (Wildman–Crippen LogP) is 5.83. The Balaban J connectivity index is 1.68. The van der Waals surface area contributed by atoms with E-state index in [1.54, 1.807) is 29.6 Å². The fourth-order valence-electron chi connectivity index (χ4n) is 4.61. The molecule has 3 heterocycles. The van der Waals surface area contributed by atoms with Crippen molar-refractivity contribution < 1.29 is 37.3 Å². The second-order valence-electron chi connectivity index (χ2n) is 8.84. The molecule has 2 atom stereocenters. The zero-order valence-electron chi connectivity index (χ0n) is 21.1. The Morgan fingerprint density at radius 2 is 1.98 bits per heavy atom. The van der Waals surface area contributed by atoms with Gasteiger partial charge in [-0.15, -0.1) is 21.5 Å². The number of hydrogen-bond acceptors (Lipinski definition) is 8. The summed E-state index contributed by atoms with van der Waals surface area (Å²) in [6, 6.07) is 9.65. The first kappa shape index (κ1) is 27.9. The van der Waals surface area contributed by atoms with Gasteiger partial charge in [0.05, 0.1) is 37.0 Å². The highest BCUT2D eigenvalue weighted by atomic mass is 35.5. The van der Waals surface area contributed by atoms with Gasteiger partial charge >= 0.3 is 12.1 Å². The van der Waals surface area contributed by atoms with E-state index in [9.17, 15) is 18.0 Å². The molecule has 0 unspecified atom stereocenters. The lowest BCUT2D eigenvalue weighted by atomic mass is 9.98. The fourth-order valence-corrected chi connectivity index (χ4v) is 5.65. The van der Waals surface area contributed by atoms with E-state index >= 15 is 0 Å². The van der Waals surface area contributed by atoms with Crippen LogP contribution < -0.4 is 9.47 Å². The molecule has 0 aliphatic carbocycles. The number of aryl methyl sites for hydroxylation is 1. The van der Waals surface area contributed by atoms with Crippen molar-refractivity contribution in [2.45, 2.75) is 37.6 Å². The van der Waals surface area contributed by atoms with E-state index in [2.05, 4.69) is 15.2 Å². The lowest BCUT2D eigenvalue weighted by molar-refractivity contribution is -0.146. The predicted molar refractivity (Wildman–Crippen MR) is 138 cm³/mol. The number of ether oxygens (including phenoxy) is 3. The number of carboxylic acid groups (broad SMARTS) is 1. The number of fused-ring (bicyclic) bond motifs is 3. The summed E-state index contributed by atoms with van der Waals surface area (Å²) in [7, 11) is 2.93. The van der Waals surface area contributed by atoms with Crippen LogP contribution in [-0.4, -0.2) is 45.0 Å². The van der Waals surface area contributed by atoms with Crippen LogP contribution in [0.25, 0.3) is 5.69 Å². The summed E-state index contributed by atoms with van der Waals surface area (Å²) in [5.41, 5.74) is 1.56. The highest BCUT2D eigenvalue weighted by Gasteiger charge is 2.43. The number of benzene rings is 2. The summed E-state index contributed by atoms with van der Waals surface area (Å²) < 4.78 is 61.1. The van der Waals surface area contributed by atoms with Crippen LogP contribution in [0.4, 0.5) is 13.2 Å². The van der Waals surface area contributed by atoms with Gasteiger partial charge in [-0.1, -0.05) is 23.7 Å². The van der Waals surface area contributed by atoms with Crippen LogP contribution >= 0.6 is 22.9 Å². The number of para-hydroxylation sites is 1. The third kappa shape index (κ3) is 5.36. The number of aliphatic carboxylic acids is 1. The van der Waals surface area contributed by atoms with E-state index in [4.69, 9.17) is 30.9 Å². The maximum Gasteiger partial charge on any atom is 0.452 e. The monoisotopic (exact) mass is 594 g/mol. The molecule has 2 aromatic carbocycles. The molecule has 0 radical (unpaired) electrons. The smallest absolute Gasteiger partial charge is 0.452 e. The molecule has 0 saturated heterocycles. The van der Waals surface area contributed by atoms with Crippen molar-refractivity contribution in [1.29, 1.82) is 0 Å². The molecule has 2 aromatic heterocycles. The van der Waals surface area contributed by atoms with E-state index in [-0.39, 0.29) is 30.8 Å². The molecule has 5 rings (SSSR count). The van der Waals surface area contributed by atoms with Gasteiger partial charge in [-0.25, -0.2) is 4.98 Å². The van der Waals surface area contributed by atoms with Gasteiger partial charge in [0.1, 0.15) is 12.2 Å². The van der Waals surface area contributed by atoms with Crippen molar-refractivity contribution in [3.8, 4) is 17.2 Å². The van der Waals surface area contributed by atoms with Gasteiger partial charge in [-0.2, -0.15) is 13.2 Å². The van der Waals surface area contributed by atoms with Crippen LogP contribution in [-0.2, 0) is 28.5 Å². The summed E-state index contributed by atoms with van der Waals surface area (Å²) in [6.45, 7) is 0. The topological polar surface area (TPSA) is 109 Å². The molecule has 1 N–H and O–H groups in total. The summed E-state index contributed by atoms with van der Waals surface area (Å²) in [5, 5.41) is 19.0. The average molecular weight is 595 g/mol. The van der Waals surface area contributed by atoms with E-state index in [1.165, 1.54) is 37.7 Å². The second kappa shape index (κ2) is 11.1. The molecule has 9 nitrogen and oxygen atoms in total. The number of thiazole rings is 1. The summed E-state index contributed by atoms with van der Waals surface area (Å²) in [4.78, 5) is 15.5. The first-order valence-corrected chi connectivity index (χ1v) is 13.2. The Hall–Kier alpha value is -3.68. The fraction of sp³-hybridized carbons (Fsp3) is 0.308. The molecule has 0 bridgehead atoms. The number of nitrogens with zero attached hydrogens (tertiary/aromatic N) is 4. The maximum atomic E-state index is 14.2. The number of aromatic nitrogens is 4. The standard InChI is InChI=1S/C26H22ClF3N4O5S/c1-37-18-5-3-4-15(23(18)38-2)22-16-10-13(27)6-8-17(16)34-24(32-33-25(34)26(28,29)30)19(39-22)11-20-31-14(12-40-20)7-9-21(35)36/h3-6,8,10,12,19,22H,7,9,11H2,1-2H3,(H,35,36)/t19-,22-/m0/s1. The average Bonchev–Trinajstić information content (AvgIpc) is 3.54. The summed E-state index contributed by atoms with van der Waals surface area (Å²) in [5.74, 6) is -1.48. The molecular formula is C26H22ClF3N4O5S. The molecule has 0 amide bonds. The zero-order chi connectivity index (χ0) is 28.6. The van der Waals surface area contributed by atoms with Crippen molar-refractivity contribution in [3.05, 3.63) is 80.3 Å². The molecule has 210 valence electrons. The lowest BCUT2D eigenvalue weighted by Crippen LogP contribution is -2.17. The van der Waals surface area contributed by atoms with Gasteiger partial charge in [0.2, 0.25) is 5.82 Å². The van der Waals surface area contributed by atoms with Crippen LogP contribution in [0.15, 0.2) is 41.8 Å². The Morgan fingerprint density at radius 1 is 1.18 bits per heavy atom. The molecule has 4 aromatic rings. The Kier molecular flexibility index (Phi) is 7.71. The number of methoxy groups -OCH3 is 2. The van der Waals surface area contributed by atoms with Crippen molar-refractivity contribution in [2.75, 3.05) is 14.2 Å². The van der Waals surface area contributed by atoms with E-state index in [0.29, 0.717) is 38.4 Å². The molecule has 0 spiro atoms. The van der Waals surface area contributed by atoms with Gasteiger partial charge in [0.25, 0.3) is 0 Å². The Morgan fingerprint density at radius 3 is 2.67 bits per heavy atom. The van der Waals surface area contributed by atoms with Crippen LogP contribution in [0.1, 0.15) is 52.1 Å². The molecular weight excluding hydrogens is 573 g/mol. The summed E-state index contributed by atoms with van der Waals surface area (Å²) >= 11 is 7.60. The maximum absolute atomic E-state index is 14.2. The number of rotatable bonds is 8. The summed E-state index contributed by atoms with van der Waals surface area (Å²) in [6.07, 6.45) is -6.62. The van der Waals surface area contributed by atoms with Gasteiger partial charge in [-0.05, 0) is 24.3 Å². The molecule has 14 heteroatoms. The van der Waals surface area contributed by atoms with Gasteiger partial charge < -0.3 is 19.3 Å². The molecule has 1 aliphatic rings. The van der Waals surface area contributed by atoms with Crippen molar-refractivity contribution in [3.63, 3.8) is 0 Å². The van der Waals surface area contributed by atoms with Crippen LogP contribution in [0.2, 0.25) is 5.02 Å². The zero-order valence-corrected chi connectivity index (χ0v) is 22.7. The van der Waals surface area contributed by atoms with Gasteiger partial charge in [-0.3, -0.25) is 9.36 Å². The first-order chi connectivity index (χ1) is 19.1. The van der Waals surface area contributed by atoms with Crippen LogP contribution in [0, 0.1) is 0 Å². The molecule has 0 saturated carbocycles. The number of alkyl halides is 3. The third-order valence-electron chi connectivity index (χ3n) is 6.31. The SMILES string of the molecule is COc1cccc([C@@H]2O[C@@H](Cc3nc(CCC(=O)O)cs3)c3nnc(C(F)(F)F)n3-c3ccc(Cl)cc32)c1OC. The Bertz CT molecular complexity index is 1560. The first-order valence-electron chi connectivity index (χ1n) is 11.9. The molecule has 0 fully saturated rings. The highest BCUT2D eigenvalue weighted by Crippen LogP contribution is 2.47. The van der Waals surface area contributed by atoms with E-state index in [0.717, 1.165) is 4.57 Å². The van der Waals surface area contributed by atoms with Crippen molar-refractivity contribution in [1.82, 2.24) is 19.7 Å². The largest absolute Gasteiger partial charge is 0.493 e. The molecule has 1 aliphatic heterocycles. The second-order valence-corrected chi connectivity index (χ2v) is 10.2. The number of halogens is 4. The molecule has 40 heavy (non-hydrogen) atoms. The quantitative estimate of drug-likeness (QED) is 0.271.